The second-order valence-electron chi connectivity index (χ2n) is 6.54. The number of hydrogen-bond acceptors (Lipinski definition) is 6. The molecule has 7 nitrogen and oxygen atoms in total. The van der Waals surface area contributed by atoms with Crippen molar-refractivity contribution < 1.29 is 23.7 Å². The van der Waals surface area contributed by atoms with Gasteiger partial charge in [0.1, 0.15) is 6.61 Å². The van der Waals surface area contributed by atoms with Gasteiger partial charge in [-0.15, -0.1) is 12.4 Å². The maximum atomic E-state index is 12.8. The van der Waals surface area contributed by atoms with Gasteiger partial charge in [-0.1, -0.05) is 6.07 Å². The van der Waals surface area contributed by atoms with Crippen LogP contribution in [0.2, 0.25) is 0 Å². The van der Waals surface area contributed by atoms with Crippen LogP contribution in [-0.2, 0) is 14.3 Å². The van der Waals surface area contributed by atoms with Crippen molar-refractivity contribution in [3.05, 3.63) is 23.8 Å². The number of ether oxygens (including phenoxy) is 4. The minimum atomic E-state index is -0.542. The Labute approximate surface area is 167 Å². The summed E-state index contributed by atoms with van der Waals surface area (Å²) in [6.45, 7) is 4.36. The molecule has 2 rings (SSSR count). The number of methoxy groups -OCH3 is 2. The lowest BCUT2D eigenvalue weighted by atomic mass is 9.79. The fraction of sp³-hybridized carbons (Fsp3) is 0.632. The fourth-order valence-corrected chi connectivity index (χ4v) is 3.03. The molecule has 0 aromatic heterocycles. The van der Waals surface area contributed by atoms with Crippen LogP contribution in [0.5, 0.6) is 11.5 Å². The van der Waals surface area contributed by atoms with Crippen LogP contribution < -0.4 is 20.5 Å². The largest absolute Gasteiger partial charge is 0.493 e. The second-order valence-corrected chi connectivity index (χ2v) is 6.54. The van der Waals surface area contributed by atoms with Gasteiger partial charge in [-0.05, 0) is 37.5 Å². The first-order chi connectivity index (χ1) is 12.6. The van der Waals surface area contributed by atoms with Gasteiger partial charge in [0.05, 0.1) is 25.2 Å². The summed E-state index contributed by atoms with van der Waals surface area (Å²) >= 11 is 0. The highest BCUT2D eigenvalue weighted by molar-refractivity contribution is 5.85. The fourth-order valence-electron chi connectivity index (χ4n) is 3.03. The number of nitrogens with one attached hydrogen (secondary N) is 1. The molecule has 1 fully saturated rings. The maximum absolute atomic E-state index is 12.8. The van der Waals surface area contributed by atoms with Gasteiger partial charge in [-0.2, -0.15) is 0 Å². The molecule has 0 radical (unpaired) electrons. The zero-order valence-electron chi connectivity index (χ0n) is 16.3. The number of nitrogens with two attached hydrogens (primary N) is 1. The zero-order valence-corrected chi connectivity index (χ0v) is 17.1. The molecular formula is C19H31ClN2O5. The molecule has 1 heterocycles. The molecule has 3 N–H and O–H groups in total. The number of halogens is 1. The van der Waals surface area contributed by atoms with Crippen LogP contribution in [0.4, 0.5) is 0 Å². The van der Waals surface area contributed by atoms with Gasteiger partial charge in [0, 0.05) is 26.9 Å². The third kappa shape index (κ3) is 5.97. The first kappa shape index (κ1) is 23.5. The predicted molar refractivity (Wildman–Crippen MR) is 106 cm³/mol. The van der Waals surface area contributed by atoms with Crippen LogP contribution in [0.25, 0.3) is 0 Å². The van der Waals surface area contributed by atoms with Crippen LogP contribution in [0, 0.1) is 5.41 Å². The van der Waals surface area contributed by atoms with E-state index in [0.717, 1.165) is 5.56 Å². The summed E-state index contributed by atoms with van der Waals surface area (Å²) in [7, 11) is 3.22. The van der Waals surface area contributed by atoms with Gasteiger partial charge >= 0.3 is 0 Å². The van der Waals surface area contributed by atoms with E-state index in [0.29, 0.717) is 57.3 Å². The van der Waals surface area contributed by atoms with Crippen molar-refractivity contribution in [1.82, 2.24) is 5.32 Å². The summed E-state index contributed by atoms with van der Waals surface area (Å²) in [5.74, 6) is 1.25. The number of amides is 1. The number of carbonyl (C=O) groups excluding carboxylic acids is 1. The molecule has 1 unspecified atom stereocenters. The lowest BCUT2D eigenvalue weighted by Crippen LogP contribution is -2.49. The second kappa shape index (κ2) is 11.3. The summed E-state index contributed by atoms with van der Waals surface area (Å²) in [6.07, 6.45) is 1.30. The molecule has 0 spiro atoms. The quantitative estimate of drug-likeness (QED) is 0.614. The van der Waals surface area contributed by atoms with Crippen LogP contribution >= 0.6 is 12.4 Å². The first-order valence-corrected chi connectivity index (χ1v) is 8.95. The Morgan fingerprint density at radius 1 is 1.26 bits per heavy atom. The van der Waals surface area contributed by atoms with E-state index >= 15 is 0 Å². The van der Waals surface area contributed by atoms with Gasteiger partial charge in [0.2, 0.25) is 5.91 Å². The Kier molecular flexibility index (Phi) is 9.87. The van der Waals surface area contributed by atoms with Crippen molar-refractivity contribution >= 4 is 18.3 Å². The zero-order chi connectivity index (χ0) is 19.0. The third-order valence-electron chi connectivity index (χ3n) is 4.90. The van der Waals surface area contributed by atoms with Gasteiger partial charge in [0.15, 0.2) is 11.5 Å². The molecule has 1 saturated heterocycles. The number of hydrogen-bond donors (Lipinski definition) is 2. The average molecular weight is 403 g/mol. The maximum Gasteiger partial charge on any atom is 0.228 e. The smallest absolute Gasteiger partial charge is 0.228 e. The predicted octanol–water partition coefficient (Wildman–Crippen LogP) is 2.07. The van der Waals surface area contributed by atoms with Crippen LogP contribution in [-0.4, -0.2) is 53.1 Å². The Bertz CT molecular complexity index is 593. The molecular weight excluding hydrogens is 372 g/mol. The summed E-state index contributed by atoms with van der Waals surface area (Å²) in [5.41, 5.74) is 6.31. The highest BCUT2D eigenvalue weighted by Gasteiger charge is 2.39. The molecule has 1 atom stereocenters. The van der Waals surface area contributed by atoms with E-state index in [1.165, 1.54) is 0 Å². The van der Waals surface area contributed by atoms with E-state index in [2.05, 4.69) is 5.32 Å². The van der Waals surface area contributed by atoms with Gasteiger partial charge in [-0.25, -0.2) is 0 Å². The average Bonchev–Trinajstić information content (AvgIpc) is 2.68. The Morgan fingerprint density at radius 3 is 2.56 bits per heavy atom. The van der Waals surface area contributed by atoms with E-state index in [1.807, 2.05) is 25.1 Å². The number of carbonyl (C=O) groups is 1. The van der Waals surface area contributed by atoms with E-state index in [9.17, 15) is 4.79 Å². The third-order valence-corrected chi connectivity index (χ3v) is 4.90. The molecule has 1 amide bonds. The molecule has 1 aromatic carbocycles. The topological polar surface area (TPSA) is 92.0 Å². The number of benzene rings is 1. The lowest BCUT2D eigenvalue weighted by Gasteiger charge is -2.35. The Hall–Kier alpha value is -1.54. The molecule has 0 saturated carbocycles. The van der Waals surface area contributed by atoms with Crippen molar-refractivity contribution in [1.29, 1.82) is 0 Å². The molecule has 0 bridgehead atoms. The van der Waals surface area contributed by atoms with E-state index in [4.69, 9.17) is 24.7 Å². The normalized spacial score (nSPS) is 16.7. The Morgan fingerprint density at radius 2 is 1.96 bits per heavy atom. The molecule has 154 valence electrons. The summed E-state index contributed by atoms with van der Waals surface area (Å²) in [4.78, 5) is 12.8. The molecule has 8 heteroatoms. The molecule has 1 aliphatic rings. The first-order valence-electron chi connectivity index (χ1n) is 8.95. The van der Waals surface area contributed by atoms with Crippen LogP contribution in [0.1, 0.15) is 31.4 Å². The summed E-state index contributed by atoms with van der Waals surface area (Å²) < 4.78 is 21.4. The summed E-state index contributed by atoms with van der Waals surface area (Å²) in [5, 5.41) is 3.09. The van der Waals surface area contributed by atoms with Gasteiger partial charge in [-0.3, -0.25) is 4.79 Å². The van der Waals surface area contributed by atoms with Crippen molar-refractivity contribution in [2.45, 2.75) is 25.8 Å². The van der Waals surface area contributed by atoms with E-state index < -0.39 is 5.41 Å². The van der Waals surface area contributed by atoms with Crippen molar-refractivity contribution in [2.75, 3.05) is 47.2 Å². The van der Waals surface area contributed by atoms with Crippen molar-refractivity contribution in [2.24, 2.45) is 11.1 Å². The number of rotatable bonds is 9. The monoisotopic (exact) mass is 402 g/mol. The minimum Gasteiger partial charge on any atom is -0.493 e. The van der Waals surface area contributed by atoms with Crippen molar-refractivity contribution in [3.63, 3.8) is 0 Å². The molecule has 1 aliphatic heterocycles. The highest BCUT2D eigenvalue weighted by atomic mass is 35.5. The van der Waals surface area contributed by atoms with Crippen LogP contribution in [0.3, 0.4) is 0 Å². The SMILES string of the molecule is COCCOc1ccc(C(C)NC(=O)C2(CN)CCOCC2)cc1OC.Cl. The molecule has 1 aromatic rings. The van der Waals surface area contributed by atoms with Crippen molar-refractivity contribution in [3.8, 4) is 11.5 Å². The Balaban J connectivity index is 0.00000364. The standard InChI is InChI=1S/C19H30N2O5.ClH/c1-14(21-18(22)19(13-20)6-8-25-9-7-19)15-4-5-16(17(12-15)24-3)26-11-10-23-2;/h4-5,12,14H,6-11,13,20H2,1-3H3,(H,21,22);1H. The van der Waals surface area contributed by atoms with Crippen LogP contribution in [0.15, 0.2) is 18.2 Å². The minimum absolute atomic E-state index is 0. The molecule has 0 aliphatic carbocycles. The van der Waals surface area contributed by atoms with E-state index in [-0.39, 0.29) is 24.4 Å². The highest BCUT2D eigenvalue weighted by Crippen LogP contribution is 2.33. The summed E-state index contributed by atoms with van der Waals surface area (Å²) in [6, 6.07) is 5.48. The van der Waals surface area contributed by atoms with Gasteiger partial charge < -0.3 is 30.0 Å². The lowest BCUT2D eigenvalue weighted by molar-refractivity contribution is -0.136. The molecule has 27 heavy (non-hydrogen) atoms. The van der Waals surface area contributed by atoms with E-state index in [1.54, 1.807) is 14.2 Å². The van der Waals surface area contributed by atoms with Gasteiger partial charge in [0.25, 0.3) is 0 Å².